The SMILES string of the molecule is CSc1nnc(SCCCC(C)(C)C(=N)N)s1. The number of hydrogen-bond acceptors (Lipinski definition) is 6. The minimum Gasteiger partial charge on any atom is -0.387 e. The van der Waals surface area contributed by atoms with Crippen LogP contribution in [0.2, 0.25) is 0 Å². The second-order valence-electron chi connectivity index (χ2n) is 4.29. The summed E-state index contributed by atoms with van der Waals surface area (Å²) in [5, 5.41) is 15.6. The highest BCUT2D eigenvalue weighted by molar-refractivity contribution is 8.02. The molecule has 17 heavy (non-hydrogen) atoms. The van der Waals surface area contributed by atoms with Gasteiger partial charge in [-0.1, -0.05) is 48.7 Å². The fourth-order valence-corrected chi connectivity index (χ4v) is 3.59. The van der Waals surface area contributed by atoms with E-state index in [2.05, 4.69) is 10.2 Å². The molecule has 4 nitrogen and oxygen atoms in total. The van der Waals surface area contributed by atoms with Crippen molar-refractivity contribution in [2.75, 3.05) is 12.0 Å². The monoisotopic (exact) mass is 290 g/mol. The molecule has 7 heteroatoms. The van der Waals surface area contributed by atoms with Gasteiger partial charge in [-0.2, -0.15) is 0 Å². The molecule has 0 spiro atoms. The summed E-state index contributed by atoms with van der Waals surface area (Å²) in [6, 6.07) is 0. The van der Waals surface area contributed by atoms with E-state index in [9.17, 15) is 0 Å². The second kappa shape index (κ2) is 6.61. The van der Waals surface area contributed by atoms with E-state index in [0.717, 1.165) is 27.3 Å². The van der Waals surface area contributed by atoms with E-state index >= 15 is 0 Å². The predicted octanol–water partition coefficient (Wildman–Crippen LogP) is 3.09. The van der Waals surface area contributed by atoms with Crippen LogP contribution in [0.5, 0.6) is 0 Å². The fraction of sp³-hybridized carbons (Fsp3) is 0.700. The van der Waals surface area contributed by atoms with Gasteiger partial charge in [0.15, 0.2) is 8.68 Å². The number of nitrogens with zero attached hydrogens (tertiary/aromatic N) is 2. The molecule has 0 aliphatic rings. The molecule has 0 saturated carbocycles. The Morgan fingerprint density at radius 1 is 1.41 bits per heavy atom. The van der Waals surface area contributed by atoms with Gasteiger partial charge >= 0.3 is 0 Å². The van der Waals surface area contributed by atoms with Crippen LogP contribution in [-0.2, 0) is 0 Å². The van der Waals surface area contributed by atoms with Crippen molar-refractivity contribution in [1.29, 1.82) is 5.41 Å². The summed E-state index contributed by atoms with van der Waals surface area (Å²) in [7, 11) is 0. The maximum absolute atomic E-state index is 7.47. The zero-order valence-corrected chi connectivity index (χ0v) is 12.8. The molecular formula is C10H18N4S3. The highest BCUT2D eigenvalue weighted by Crippen LogP contribution is 2.29. The van der Waals surface area contributed by atoms with Crippen molar-refractivity contribution < 1.29 is 0 Å². The molecule has 0 fully saturated rings. The molecule has 0 aliphatic carbocycles. The van der Waals surface area contributed by atoms with Crippen molar-refractivity contribution in [2.45, 2.75) is 35.4 Å². The molecule has 0 atom stereocenters. The third-order valence-corrected chi connectivity index (χ3v) is 5.58. The lowest BCUT2D eigenvalue weighted by atomic mass is 9.87. The Kier molecular flexibility index (Phi) is 5.75. The van der Waals surface area contributed by atoms with Gasteiger partial charge in [0.1, 0.15) is 0 Å². The van der Waals surface area contributed by atoms with E-state index < -0.39 is 0 Å². The number of thioether (sulfide) groups is 2. The van der Waals surface area contributed by atoms with E-state index in [1.165, 1.54) is 0 Å². The highest BCUT2D eigenvalue weighted by atomic mass is 32.2. The average molecular weight is 290 g/mol. The Bertz CT molecular complexity index is 375. The van der Waals surface area contributed by atoms with Crippen molar-refractivity contribution >= 4 is 40.7 Å². The molecule has 1 rings (SSSR count). The molecule has 96 valence electrons. The van der Waals surface area contributed by atoms with E-state index in [1.54, 1.807) is 34.9 Å². The van der Waals surface area contributed by atoms with Gasteiger partial charge in [-0.25, -0.2) is 0 Å². The molecule has 0 aliphatic heterocycles. The maximum Gasteiger partial charge on any atom is 0.175 e. The average Bonchev–Trinajstić information content (AvgIpc) is 2.72. The predicted molar refractivity (Wildman–Crippen MR) is 77.3 cm³/mol. The smallest absolute Gasteiger partial charge is 0.175 e. The molecule has 0 radical (unpaired) electrons. The molecule has 1 aromatic rings. The number of nitrogens with two attached hydrogens (primary N) is 1. The molecule has 1 aromatic heterocycles. The first-order chi connectivity index (χ1) is 7.95. The van der Waals surface area contributed by atoms with Gasteiger partial charge in [0.2, 0.25) is 0 Å². The summed E-state index contributed by atoms with van der Waals surface area (Å²) >= 11 is 4.99. The van der Waals surface area contributed by atoms with Crippen molar-refractivity contribution in [1.82, 2.24) is 10.2 Å². The largest absolute Gasteiger partial charge is 0.387 e. The third-order valence-electron chi connectivity index (χ3n) is 2.46. The minimum absolute atomic E-state index is 0.188. The van der Waals surface area contributed by atoms with Gasteiger partial charge in [0, 0.05) is 11.2 Å². The van der Waals surface area contributed by atoms with E-state index in [4.69, 9.17) is 11.1 Å². The summed E-state index contributed by atoms with van der Waals surface area (Å²) in [6.07, 6.45) is 3.97. The number of amidine groups is 1. The molecular weight excluding hydrogens is 272 g/mol. The second-order valence-corrected chi connectivity index (χ2v) is 7.66. The summed E-state index contributed by atoms with van der Waals surface area (Å²) in [5.74, 6) is 1.27. The van der Waals surface area contributed by atoms with Crippen LogP contribution in [0.3, 0.4) is 0 Å². The van der Waals surface area contributed by atoms with Crippen molar-refractivity contribution in [2.24, 2.45) is 11.1 Å². The van der Waals surface area contributed by atoms with Gasteiger partial charge < -0.3 is 5.73 Å². The van der Waals surface area contributed by atoms with Gasteiger partial charge in [0.25, 0.3) is 0 Å². The Hall–Kier alpha value is -0.270. The lowest BCUT2D eigenvalue weighted by molar-refractivity contribution is 0.464. The standard InChI is InChI=1S/C10H18N4S3/c1-10(2,7(11)12)5-4-6-16-9-14-13-8(15-3)17-9/h4-6H2,1-3H3,(H3,11,12). The molecule has 0 amide bonds. The van der Waals surface area contributed by atoms with Gasteiger partial charge in [-0.05, 0) is 19.1 Å². The van der Waals surface area contributed by atoms with Gasteiger partial charge in [0.05, 0.1) is 5.84 Å². The molecule has 1 heterocycles. The first-order valence-electron chi connectivity index (χ1n) is 5.30. The lowest BCUT2D eigenvalue weighted by Crippen LogP contribution is -2.30. The summed E-state index contributed by atoms with van der Waals surface area (Å²) < 4.78 is 2.03. The van der Waals surface area contributed by atoms with Crippen LogP contribution in [0.4, 0.5) is 0 Å². The molecule has 0 unspecified atom stereocenters. The zero-order chi connectivity index (χ0) is 12.9. The number of aromatic nitrogens is 2. The van der Waals surface area contributed by atoms with Crippen LogP contribution in [0.15, 0.2) is 8.68 Å². The van der Waals surface area contributed by atoms with Crippen molar-refractivity contribution in [3.05, 3.63) is 0 Å². The summed E-state index contributed by atoms with van der Waals surface area (Å²) in [5.41, 5.74) is 5.35. The van der Waals surface area contributed by atoms with Gasteiger partial charge in [-0.3, -0.25) is 5.41 Å². The maximum atomic E-state index is 7.47. The van der Waals surface area contributed by atoms with E-state index in [0.29, 0.717) is 0 Å². The number of hydrogen-bond donors (Lipinski definition) is 2. The van der Waals surface area contributed by atoms with Crippen LogP contribution >= 0.6 is 34.9 Å². The van der Waals surface area contributed by atoms with Crippen LogP contribution in [0.1, 0.15) is 26.7 Å². The quantitative estimate of drug-likeness (QED) is 0.349. The lowest BCUT2D eigenvalue weighted by Gasteiger charge is -2.22. The van der Waals surface area contributed by atoms with Crippen LogP contribution < -0.4 is 5.73 Å². The number of rotatable bonds is 7. The topological polar surface area (TPSA) is 75.7 Å². The Labute approximate surface area is 115 Å². The first kappa shape index (κ1) is 14.8. The minimum atomic E-state index is -0.188. The first-order valence-corrected chi connectivity index (χ1v) is 8.33. The highest BCUT2D eigenvalue weighted by Gasteiger charge is 2.20. The van der Waals surface area contributed by atoms with Crippen LogP contribution in [0, 0.1) is 10.8 Å². The third kappa shape index (κ3) is 4.85. The Balaban J connectivity index is 2.27. The Morgan fingerprint density at radius 3 is 2.59 bits per heavy atom. The molecule has 0 saturated heterocycles. The summed E-state index contributed by atoms with van der Waals surface area (Å²) in [6.45, 7) is 4.02. The molecule has 0 bridgehead atoms. The van der Waals surface area contributed by atoms with Crippen LogP contribution in [-0.4, -0.2) is 28.0 Å². The number of nitrogens with one attached hydrogen (secondary N) is 1. The summed E-state index contributed by atoms with van der Waals surface area (Å²) in [4.78, 5) is 0. The van der Waals surface area contributed by atoms with Crippen LogP contribution in [0.25, 0.3) is 0 Å². The fourth-order valence-electron chi connectivity index (χ4n) is 1.15. The molecule has 3 N–H and O–H groups in total. The Morgan fingerprint density at radius 2 is 2.06 bits per heavy atom. The normalized spacial score (nSPS) is 11.7. The van der Waals surface area contributed by atoms with Crippen molar-refractivity contribution in [3.8, 4) is 0 Å². The van der Waals surface area contributed by atoms with E-state index in [1.807, 2.05) is 20.1 Å². The molecule has 0 aromatic carbocycles. The van der Waals surface area contributed by atoms with E-state index in [-0.39, 0.29) is 11.3 Å². The van der Waals surface area contributed by atoms with Crippen molar-refractivity contribution in [3.63, 3.8) is 0 Å². The zero-order valence-electron chi connectivity index (χ0n) is 10.3. The van der Waals surface area contributed by atoms with Gasteiger partial charge in [-0.15, -0.1) is 10.2 Å².